The van der Waals surface area contributed by atoms with E-state index in [-0.39, 0.29) is 12.5 Å². The van der Waals surface area contributed by atoms with Crippen LogP contribution in [0.3, 0.4) is 0 Å². The van der Waals surface area contributed by atoms with Crippen LogP contribution >= 0.6 is 39.5 Å². The third-order valence-electron chi connectivity index (χ3n) is 2.32. The number of halogens is 1. The summed E-state index contributed by atoms with van der Waals surface area (Å²) in [6.45, 7) is 0.198. The highest BCUT2D eigenvalue weighted by atomic mass is 79.9. The monoisotopic (exact) mass is 370 g/mol. The lowest BCUT2D eigenvalue weighted by atomic mass is 10.3. The molecule has 0 unspecified atom stereocenters. The van der Waals surface area contributed by atoms with E-state index in [9.17, 15) is 4.79 Å². The summed E-state index contributed by atoms with van der Waals surface area (Å²) in [4.78, 5) is 12.9. The Morgan fingerprint density at radius 2 is 2.05 bits per heavy atom. The van der Waals surface area contributed by atoms with Crippen molar-refractivity contribution in [1.29, 1.82) is 0 Å². The topological polar surface area (TPSA) is 64.3 Å². The summed E-state index contributed by atoms with van der Waals surface area (Å²) in [7, 11) is 0. The average molecular weight is 371 g/mol. The second kappa shape index (κ2) is 6.83. The van der Waals surface area contributed by atoms with Gasteiger partial charge in [-0.05, 0) is 51.6 Å². The van der Waals surface area contributed by atoms with Crippen LogP contribution in [-0.4, -0.2) is 17.5 Å². The Bertz CT molecular complexity index is 626. The van der Waals surface area contributed by atoms with E-state index >= 15 is 0 Å². The first-order chi connectivity index (χ1) is 9.56. The lowest BCUT2D eigenvalue weighted by Gasteiger charge is -2.07. The zero-order valence-corrected chi connectivity index (χ0v) is 13.5. The third-order valence-corrected chi connectivity index (χ3v) is 4.27. The fraction of sp³-hybridized carbons (Fsp3) is 0.0769. The zero-order chi connectivity index (χ0) is 14.5. The number of thiophene rings is 1. The van der Waals surface area contributed by atoms with E-state index in [1.807, 2.05) is 11.4 Å². The van der Waals surface area contributed by atoms with Gasteiger partial charge in [-0.1, -0.05) is 12.2 Å². The van der Waals surface area contributed by atoms with Crippen molar-refractivity contribution in [3.8, 4) is 5.75 Å². The van der Waals surface area contributed by atoms with Crippen LogP contribution in [0.2, 0.25) is 0 Å². The van der Waals surface area contributed by atoms with Crippen LogP contribution in [0.25, 0.3) is 0 Å². The molecule has 0 aliphatic carbocycles. The largest absolute Gasteiger partial charge is 0.487 e. The van der Waals surface area contributed by atoms with E-state index in [0.29, 0.717) is 21.3 Å². The van der Waals surface area contributed by atoms with Crippen LogP contribution in [0.5, 0.6) is 5.75 Å². The van der Waals surface area contributed by atoms with Crippen molar-refractivity contribution < 1.29 is 9.53 Å². The standard InChI is InChI=1S/C13H11BrN2O2S2/c14-10-5-6-20-12(10)13(17)16-8-1-3-9(4-2-8)18-7-11(15)19/h1-6H,7H2,(H2,15,19)(H,16,17). The SMILES string of the molecule is NC(=S)COc1ccc(NC(=O)c2sccc2Br)cc1. The number of thiocarbonyl (C=S) groups is 1. The lowest BCUT2D eigenvalue weighted by Crippen LogP contribution is -2.17. The molecule has 2 aromatic rings. The number of hydrogen-bond donors (Lipinski definition) is 2. The Morgan fingerprint density at radius 1 is 1.35 bits per heavy atom. The molecular weight excluding hydrogens is 360 g/mol. The number of nitrogens with two attached hydrogens (primary N) is 1. The third kappa shape index (κ3) is 4.03. The minimum Gasteiger partial charge on any atom is -0.487 e. The first kappa shape index (κ1) is 15.0. The number of carbonyl (C=O) groups excluding carboxylic acids is 1. The molecule has 0 atom stereocenters. The molecule has 4 nitrogen and oxygen atoms in total. The number of anilines is 1. The zero-order valence-electron chi connectivity index (χ0n) is 10.3. The number of benzene rings is 1. The molecule has 0 spiro atoms. The van der Waals surface area contributed by atoms with Crippen molar-refractivity contribution in [1.82, 2.24) is 0 Å². The minimum atomic E-state index is -0.149. The average Bonchev–Trinajstić information content (AvgIpc) is 2.84. The van der Waals surface area contributed by atoms with Gasteiger partial charge in [0, 0.05) is 10.2 Å². The normalized spacial score (nSPS) is 10.1. The van der Waals surface area contributed by atoms with Gasteiger partial charge >= 0.3 is 0 Å². The molecule has 0 saturated carbocycles. The number of nitrogens with one attached hydrogen (secondary N) is 1. The van der Waals surface area contributed by atoms with Gasteiger partial charge in [0.15, 0.2) is 0 Å². The molecule has 1 heterocycles. The number of hydrogen-bond acceptors (Lipinski definition) is 4. The fourth-order valence-corrected chi connectivity index (χ4v) is 2.94. The molecule has 20 heavy (non-hydrogen) atoms. The number of ether oxygens (including phenoxy) is 1. The van der Waals surface area contributed by atoms with Gasteiger partial charge in [0.25, 0.3) is 5.91 Å². The summed E-state index contributed by atoms with van der Waals surface area (Å²) in [6, 6.07) is 8.85. The maximum Gasteiger partial charge on any atom is 0.266 e. The molecule has 1 aromatic carbocycles. The molecule has 1 amide bonds. The number of rotatable bonds is 5. The smallest absolute Gasteiger partial charge is 0.266 e. The maximum atomic E-state index is 12.0. The van der Waals surface area contributed by atoms with Crippen molar-refractivity contribution in [2.75, 3.05) is 11.9 Å². The van der Waals surface area contributed by atoms with Crippen molar-refractivity contribution >= 4 is 56.1 Å². The Kier molecular flexibility index (Phi) is 5.11. The van der Waals surface area contributed by atoms with Crippen LogP contribution < -0.4 is 15.8 Å². The quantitative estimate of drug-likeness (QED) is 0.791. The Labute approximate surface area is 134 Å². The first-order valence-corrected chi connectivity index (χ1v) is 7.70. The molecule has 2 rings (SSSR count). The maximum absolute atomic E-state index is 12.0. The predicted octanol–water partition coefficient (Wildman–Crippen LogP) is 3.43. The van der Waals surface area contributed by atoms with E-state index in [0.717, 1.165) is 4.47 Å². The molecule has 104 valence electrons. The number of carbonyl (C=O) groups is 1. The second-order valence-corrected chi connectivity index (χ2v) is 6.13. The molecule has 1 aromatic heterocycles. The Morgan fingerprint density at radius 3 is 2.60 bits per heavy atom. The molecule has 7 heteroatoms. The van der Waals surface area contributed by atoms with E-state index in [1.54, 1.807) is 24.3 Å². The lowest BCUT2D eigenvalue weighted by molar-refractivity contribution is 0.103. The summed E-state index contributed by atoms with van der Waals surface area (Å²) < 4.78 is 6.12. The van der Waals surface area contributed by atoms with Gasteiger partial charge in [-0.3, -0.25) is 4.79 Å². The van der Waals surface area contributed by atoms with Gasteiger partial charge in [0.05, 0.1) is 0 Å². The van der Waals surface area contributed by atoms with Crippen molar-refractivity contribution in [2.24, 2.45) is 5.73 Å². The van der Waals surface area contributed by atoms with E-state index in [2.05, 4.69) is 21.2 Å². The highest BCUT2D eigenvalue weighted by molar-refractivity contribution is 9.10. The van der Waals surface area contributed by atoms with Gasteiger partial charge in [-0.15, -0.1) is 11.3 Å². The second-order valence-electron chi connectivity index (χ2n) is 3.83. The Balaban J connectivity index is 1.99. The summed E-state index contributed by atoms with van der Waals surface area (Å²) in [5, 5.41) is 4.67. The van der Waals surface area contributed by atoms with E-state index in [1.165, 1.54) is 11.3 Å². The van der Waals surface area contributed by atoms with Gasteiger partial charge in [0.1, 0.15) is 22.2 Å². The van der Waals surface area contributed by atoms with Crippen molar-refractivity contribution in [2.45, 2.75) is 0 Å². The van der Waals surface area contributed by atoms with E-state index < -0.39 is 0 Å². The molecule has 0 aliphatic rings. The summed E-state index contributed by atoms with van der Waals surface area (Å²) >= 11 is 9.44. The summed E-state index contributed by atoms with van der Waals surface area (Å²) in [5.74, 6) is 0.497. The van der Waals surface area contributed by atoms with Gasteiger partial charge in [-0.25, -0.2) is 0 Å². The molecule has 0 fully saturated rings. The predicted molar refractivity (Wildman–Crippen MR) is 88.7 cm³/mol. The van der Waals surface area contributed by atoms with Gasteiger partial charge in [0.2, 0.25) is 0 Å². The summed E-state index contributed by atoms with van der Waals surface area (Å²) in [5.41, 5.74) is 6.04. The minimum absolute atomic E-state index is 0.149. The molecular formula is C13H11BrN2O2S2. The molecule has 0 saturated heterocycles. The molecule has 0 aliphatic heterocycles. The van der Waals surface area contributed by atoms with Crippen LogP contribution in [0.15, 0.2) is 40.2 Å². The van der Waals surface area contributed by atoms with Gasteiger partial charge in [-0.2, -0.15) is 0 Å². The Hall–Kier alpha value is -1.44. The molecule has 3 N–H and O–H groups in total. The number of amides is 1. The van der Waals surface area contributed by atoms with Crippen LogP contribution in [-0.2, 0) is 0 Å². The van der Waals surface area contributed by atoms with Crippen LogP contribution in [0.1, 0.15) is 9.67 Å². The van der Waals surface area contributed by atoms with Crippen molar-refractivity contribution in [3.63, 3.8) is 0 Å². The van der Waals surface area contributed by atoms with Gasteiger partial charge < -0.3 is 15.8 Å². The van der Waals surface area contributed by atoms with Crippen LogP contribution in [0, 0.1) is 0 Å². The van der Waals surface area contributed by atoms with Crippen LogP contribution in [0.4, 0.5) is 5.69 Å². The first-order valence-electron chi connectivity index (χ1n) is 5.62. The van der Waals surface area contributed by atoms with Crippen molar-refractivity contribution in [3.05, 3.63) is 45.1 Å². The summed E-state index contributed by atoms with van der Waals surface area (Å²) in [6.07, 6.45) is 0. The highest BCUT2D eigenvalue weighted by Crippen LogP contribution is 2.24. The van der Waals surface area contributed by atoms with E-state index in [4.69, 9.17) is 22.7 Å². The molecule has 0 bridgehead atoms. The highest BCUT2D eigenvalue weighted by Gasteiger charge is 2.11. The fourth-order valence-electron chi connectivity index (χ4n) is 1.43. The molecule has 0 radical (unpaired) electrons.